The molecule has 6 nitrogen and oxygen atoms in total. The van der Waals surface area contributed by atoms with E-state index in [0.717, 1.165) is 12.5 Å². The molecule has 7 heteroatoms. The van der Waals surface area contributed by atoms with Gasteiger partial charge in [0.1, 0.15) is 5.82 Å². The van der Waals surface area contributed by atoms with E-state index in [1.165, 1.54) is 12.1 Å². The molecule has 1 atom stereocenters. The van der Waals surface area contributed by atoms with Crippen molar-refractivity contribution >= 4 is 17.7 Å². The summed E-state index contributed by atoms with van der Waals surface area (Å²) in [5.74, 6) is -2.07. The van der Waals surface area contributed by atoms with Crippen LogP contribution >= 0.6 is 0 Å². The van der Waals surface area contributed by atoms with Gasteiger partial charge >= 0.3 is 12.0 Å². The maximum absolute atomic E-state index is 13.3. The summed E-state index contributed by atoms with van der Waals surface area (Å²) >= 11 is 0. The Morgan fingerprint density at radius 1 is 1.42 bits per heavy atom. The Hall–Kier alpha value is -2.15. The number of hydrogen-bond donors (Lipinski definition) is 4. The molecule has 0 spiro atoms. The van der Waals surface area contributed by atoms with E-state index in [9.17, 15) is 19.1 Å². The first-order chi connectivity index (χ1) is 8.72. The van der Waals surface area contributed by atoms with E-state index < -0.39 is 30.0 Å². The number of carboxylic acids is 1. The SMILES string of the molecule is Cc1ccc(F)c(NC(=O)NCC(C)(O)C(=O)O)c1. The third kappa shape index (κ3) is 4.22. The number of rotatable bonds is 4. The van der Waals surface area contributed by atoms with E-state index in [0.29, 0.717) is 0 Å². The molecular weight excluding hydrogens is 255 g/mol. The fourth-order valence-electron chi connectivity index (χ4n) is 1.23. The zero-order valence-electron chi connectivity index (χ0n) is 10.5. The first-order valence-electron chi connectivity index (χ1n) is 5.49. The van der Waals surface area contributed by atoms with Gasteiger partial charge in [0.15, 0.2) is 5.60 Å². The summed E-state index contributed by atoms with van der Waals surface area (Å²) in [5.41, 5.74) is -1.34. The number of carbonyl (C=O) groups excluding carboxylic acids is 1. The molecule has 0 aliphatic carbocycles. The second-order valence-electron chi connectivity index (χ2n) is 4.37. The van der Waals surface area contributed by atoms with Crippen LogP contribution in [0.5, 0.6) is 0 Å². The third-order valence-corrected chi connectivity index (χ3v) is 2.42. The highest BCUT2D eigenvalue weighted by molar-refractivity contribution is 5.90. The van der Waals surface area contributed by atoms with Gasteiger partial charge in [-0.25, -0.2) is 14.0 Å². The molecule has 1 unspecified atom stereocenters. The molecule has 1 aromatic rings. The van der Waals surface area contributed by atoms with Gasteiger partial charge in [0.25, 0.3) is 0 Å². The van der Waals surface area contributed by atoms with Gasteiger partial charge in [0.2, 0.25) is 0 Å². The van der Waals surface area contributed by atoms with Gasteiger partial charge < -0.3 is 20.8 Å². The number of benzene rings is 1. The summed E-state index contributed by atoms with van der Waals surface area (Å²) < 4.78 is 13.3. The third-order valence-electron chi connectivity index (χ3n) is 2.42. The standard InChI is InChI=1S/C12H15FN2O4/c1-7-3-4-8(13)9(5-7)15-11(18)14-6-12(2,19)10(16)17/h3-5,19H,6H2,1-2H3,(H,16,17)(H2,14,15,18). The fourth-order valence-corrected chi connectivity index (χ4v) is 1.23. The highest BCUT2D eigenvalue weighted by atomic mass is 19.1. The van der Waals surface area contributed by atoms with Gasteiger partial charge in [0, 0.05) is 0 Å². The van der Waals surface area contributed by atoms with Crippen molar-refractivity contribution in [3.63, 3.8) is 0 Å². The lowest BCUT2D eigenvalue weighted by molar-refractivity contribution is -0.155. The monoisotopic (exact) mass is 270 g/mol. The highest BCUT2D eigenvalue weighted by Gasteiger charge is 2.30. The van der Waals surface area contributed by atoms with Crippen LogP contribution in [0.1, 0.15) is 12.5 Å². The molecule has 0 heterocycles. The minimum absolute atomic E-state index is 0.0209. The number of aliphatic carboxylic acids is 1. The molecule has 0 aliphatic rings. The van der Waals surface area contributed by atoms with E-state index in [4.69, 9.17) is 5.11 Å². The number of aliphatic hydroxyl groups is 1. The van der Waals surface area contributed by atoms with Crippen LogP contribution in [-0.4, -0.2) is 34.4 Å². The van der Waals surface area contributed by atoms with Crippen molar-refractivity contribution in [3.8, 4) is 0 Å². The quantitative estimate of drug-likeness (QED) is 0.658. The number of amides is 2. The van der Waals surface area contributed by atoms with Crippen molar-refractivity contribution in [1.29, 1.82) is 0 Å². The Morgan fingerprint density at radius 3 is 2.63 bits per heavy atom. The maximum atomic E-state index is 13.3. The molecule has 0 fully saturated rings. The summed E-state index contributed by atoms with van der Waals surface area (Å²) in [4.78, 5) is 22.1. The molecule has 0 aliphatic heterocycles. The van der Waals surface area contributed by atoms with Gasteiger partial charge in [-0.3, -0.25) is 0 Å². The van der Waals surface area contributed by atoms with Crippen LogP contribution in [0.15, 0.2) is 18.2 Å². The largest absolute Gasteiger partial charge is 0.479 e. The lowest BCUT2D eigenvalue weighted by Gasteiger charge is -2.18. The molecule has 4 N–H and O–H groups in total. The van der Waals surface area contributed by atoms with Crippen molar-refractivity contribution in [2.45, 2.75) is 19.4 Å². The van der Waals surface area contributed by atoms with Crippen LogP contribution in [0.4, 0.5) is 14.9 Å². The Kier molecular flexibility index (Phi) is 4.44. The zero-order chi connectivity index (χ0) is 14.6. The van der Waals surface area contributed by atoms with Crippen LogP contribution in [-0.2, 0) is 4.79 Å². The smallest absolute Gasteiger partial charge is 0.337 e. The van der Waals surface area contributed by atoms with E-state index in [2.05, 4.69) is 10.6 Å². The van der Waals surface area contributed by atoms with Gasteiger partial charge in [-0.2, -0.15) is 0 Å². The Bertz CT molecular complexity index is 503. The Balaban J connectivity index is 2.61. The number of carbonyl (C=O) groups is 2. The first-order valence-corrected chi connectivity index (χ1v) is 5.49. The van der Waals surface area contributed by atoms with Crippen molar-refractivity contribution < 1.29 is 24.2 Å². The second-order valence-corrected chi connectivity index (χ2v) is 4.37. The van der Waals surface area contributed by atoms with Crippen LogP contribution in [0, 0.1) is 12.7 Å². The average molecular weight is 270 g/mol. The maximum Gasteiger partial charge on any atom is 0.337 e. The molecule has 0 radical (unpaired) electrons. The number of aryl methyl sites for hydroxylation is 1. The minimum atomic E-state index is -2.08. The predicted octanol–water partition coefficient (Wildman–Crippen LogP) is 1.09. The van der Waals surface area contributed by atoms with E-state index in [1.807, 2.05) is 0 Å². The molecule has 19 heavy (non-hydrogen) atoms. The summed E-state index contributed by atoms with van der Waals surface area (Å²) in [5, 5.41) is 22.4. The van der Waals surface area contributed by atoms with E-state index in [-0.39, 0.29) is 5.69 Å². The lowest BCUT2D eigenvalue weighted by Crippen LogP contribution is -2.47. The van der Waals surface area contributed by atoms with E-state index in [1.54, 1.807) is 13.0 Å². The number of hydrogen-bond acceptors (Lipinski definition) is 3. The zero-order valence-corrected chi connectivity index (χ0v) is 10.5. The van der Waals surface area contributed by atoms with Crippen LogP contribution in [0.2, 0.25) is 0 Å². The molecule has 0 aromatic heterocycles. The summed E-state index contributed by atoms with van der Waals surface area (Å²) in [6, 6.07) is 3.39. The van der Waals surface area contributed by atoms with Crippen LogP contribution in [0.25, 0.3) is 0 Å². The minimum Gasteiger partial charge on any atom is -0.479 e. The Morgan fingerprint density at radius 2 is 2.05 bits per heavy atom. The Labute approximate surface area is 109 Å². The van der Waals surface area contributed by atoms with Crippen LogP contribution in [0.3, 0.4) is 0 Å². The van der Waals surface area contributed by atoms with E-state index >= 15 is 0 Å². The highest BCUT2D eigenvalue weighted by Crippen LogP contribution is 2.15. The first kappa shape index (κ1) is 14.9. The van der Waals surface area contributed by atoms with Gasteiger partial charge in [-0.1, -0.05) is 6.07 Å². The van der Waals surface area contributed by atoms with Crippen molar-refractivity contribution in [2.24, 2.45) is 0 Å². The second kappa shape index (κ2) is 5.66. The predicted molar refractivity (Wildman–Crippen MR) is 66.4 cm³/mol. The summed E-state index contributed by atoms with van der Waals surface area (Å²) in [7, 11) is 0. The summed E-state index contributed by atoms with van der Waals surface area (Å²) in [6.45, 7) is 2.28. The molecule has 0 saturated heterocycles. The van der Waals surface area contributed by atoms with Crippen molar-refractivity contribution in [3.05, 3.63) is 29.6 Å². The topological polar surface area (TPSA) is 98.7 Å². The molecule has 104 valence electrons. The normalized spacial score (nSPS) is 13.5. The van der Waals surface area contributed by atoms with Gasteiger partial charge in [-0.05, 0) is 31.5 Å². The average Bonchev–Trinajstić information content (AvgIpc) is 2.31. The van der Waals surface area contributed by atoms with Crippen molar-refractivity contribution in [2.75, 3.05) is 11.9 Å². The molecule has 1 rings (SSSR count). The fraction of sp³-hybridized carbons (Fsp3) is 0.333. The van der Waals surface area contributed by atoms with Gasteiger partial charge in [-0.15, -0.1) is 0 Å². The molecule has 1 aromatic carbocycles. The number of nitrogens with one attached hydrogen (secondary N) is 2. The number of halogens is 1. The number of anilines is 1. The number of urea groups is 1. The molecule has 0 saturated carbocycles. The lowest BCUT2D eigenvalue weighted by atomic mass is 10.1. The number of carboxylic acid groups (broad SMARTS) is 1. The van der Waals surface area contributed by atoms with Crippen molar-refractivity contribution in [1.82, 2.24) is 5.32 Å². The van der Waals surface area contributed by atoms with Crippen LogP contribution < -0.4 is 10.6 Å². The molecule has 2 amide bonds. The molecule has 0 bridgehead atoms. The summed E-state index contributed by atoms with van der Waals surface area (Å²) in [6.07, 6.45) is 0. The van der Waals surface area contributed by atoms with Gasteiger partial charge in [0.05, 0.1) is 12.2 Å². The molecular formula is C12H15FN2O4.